The molecule has 0 unspecified atom stereocenters. The Labute approximate surface area is 236 Å². The van der Waals surface area contributed by atoms with E-state index in [1.165, 1.54) is 6.92 Å². The summed E-state index contributed by atoms with van der Waals surface area (Å²) in [5.74, 6) is -0.281. The molecule has 3 aromatic carbocycles. The molecule has 0 amide bonds. The van der Waals surface area contributed by atoms with Crippen molar-refractivity contribution in [2.45, 2.75) is 83.0 Å². The Morgan fingerprint density at radius 2 is 1.35 bits per heavy atom. The first-order valence-corrected chi connectivity index (χ1v) is 14.1. The van der Waals surface area contributed by atoms with Crippen LogP contribution in [-0.4, -0.2) is 54.1 Å². The van der Waals surface area contributed by atoms with E-state index in [2.05, 4.69) is 36.4 Å². The van der Waals surface area contributed by atoms with Gasteiger partial charge in [-0.2, -0.15) is 5.06 Å². The van der Waals surface area contributed by atoms with Crippen LogP contribution in [0.5, 0.6) is 0 Å². The Bertz CT molecular complexity index is 1180. The Morgan fingerprint density at radius 1 is 0.825 bits per heavy atom. The number of carbonyl (C=O) groups excluding carboxylic acids is 1. The molecule has 2 saturated heterocycles. The van der Waals surface area contributed by atoms with Gasteiger partial charge in [-0.15, -0.1) is 0 Å². The number of fused-ring (bicyclic) bond motifs is 1. The zero-order valence-electron chi connectivity index (χ0n) is 23.3. The van der Waals surface area contributed by atoms with Crippen LogP contribution in [0.2, 0.25) is 0 Å². The molecule has 0 bridgehead atoms. The fourth-order valence-electron chi connectivity index (χ4n) is 5.68. The largest absolute Gasteiger partial charge is 0.463 e. The quantitative estimate of drug-likeness (QED) is 0.264. The van der Waals surface area contributed by atoms with Crippen molar-refractivity contribution in [2.75, 3.05) is 6.61 Å². The molecule has 7 nitrogen and oxygen atoms in total. The lowest BCUT2D eigenvalue weighted by atomic mass is 10.00. The number of ether oxygens (including phenoxy) is 4. The molecule has 7 heteroatoms. The second kappa shape index (κ2) is 14.0. The molecule has 0 radical (unpaired) electrons. The number of carbonyl (C=O) groups is 1. The first kappa shape index (κ1) is 28.5. The summed E-state index contributed by atoms with van der Waals surface area (Å²) >= 11 is 0. The van der Waals surface area contributed by atoms with Crippen molar-refractivity contribution in [1.29, 1.82) is 0 Å². The molecule has 2 aliphatic heterocycles. The molecule has 2 aliphatic rings. The summed E-state index contributed by atoms with van der Waals surface area (Å²) in [6.07, 6.45) is 0.578. The third-order valence-corrected chi connectivity index (χ3v) is 7.44. The summed E-state index contributed by atoms with van der Waals surface area (Å²) in [4.78, 5) is 18.0. The van der Waals surface area contributed by atoms with E-state index in [-0.39, 0.29) is 42.5 Å². The summed E-state index contributed by atoms with van der Waals surface area (Å²) in [5, 5.41) is 2.04. The summed E-state index contributed by atoms with van der Waals surface area (Å²) in [6.45, 7) is 5.23. The van der Waals surface area contributed by atoms with E-state index in [1.54, 1.807) is 0 Å². The fraction of sp³-hybridized carbons (Fsp3) is 0.424. The summed E-state index contributed by atoms with van der Waals surface area (Å²) < 4.78 is 24.9. The number of nitrogens with zero attached hydrogens (tertiary/aromatic N) is 1. The highest BCUT2D eigenvalue weighted by atomic mass is 16.7. The zero-order valence-corrected chi connectivity index (χ0v) is 23.3. The van der Waals surface area contributed by atoms with Crippen LogP contribution in [0.15, 0.2) is 91.0 Å². The van der Waals surface area contributed by atoms with E-state index in [1.807, 2.05) is 66.6 Å². The second-order valence-corrected chi connectivity index (χ2v) is 10.6. The number of esters is 1. The third kappa shape index (κ3) is 7.56. The fourth-order valence-corrected chi connectivity index (χ4v) is 5.68. The minimum Gasteiger partial charge on any atom is -0.463 e. The molecule has 2 fully saturated rings. The molecular formula is C33H39NO6. The maximum absolute atomic E-state index is 11.5. The maximum atomic E-state index is 11.5. The van der Waals surface area contributed by atoms with E-state index in [9.17, 15) is 4.79 Å². The molecule has 0 aromatic heterocycles. The number of rotatable bonds is 13. The summed E-state index contributed by atoms with van der Waals surface area (Å²) in [5.41, 5.74) is 3.33. The molecule has 6 atom stereocenters. The maximum Gasteiger partial charge on any atom is 0.302 e. The number of hydroxylamine groups is 2. The van der Waals surface area contributed by atoms with E-state index >= 15 is 0 Å². The molecule has 212 valence electrons. The van der Waals surface area contributed by atoms with Crippen molar-refractivity contribution in [3.63, 3.8) is 0 Å². The van der Waals surface area contributed by atoms with E-state index < -0.39 is 0 Å². The molecule has 40 heavy (non-hydrogen) atoms. The van der Waals surface area contributed by atoms with E-state index in [0.29, 0.717) is 32.8 Å². The lowest BCUT2D eigenvalue weighted by Gasteiger charge is -2.29. The lowest BCUT2D eigenvalue weighted by Crippen LogP contribution is -2.42. The third-order valence-electron chi connectivity index (χ3n) is 7.44. The first-order chi connectivity index (χ1) is 19.6. The first-order valence-electron chi connectivity index (χ1n) is 14.1. The van der Waals surface area contributed by atoms with Crippen LogP contribution in [0.4, 0.5) is 0 Å². The Balaban J connectivity index is 1.34. The number of hydrogen-bond acceptors (Lipinski definition) is 7. The van der Waals surface area contributed by atoms with Crippen molar-refractivity contribution >= 4 is 5.97 Å². The van der Waals surface area contributed by atoms with E-state index in [0.717, 1.165) is 23.1 Å². The van der Waals surface area contributed by atoms with Crippen LogP contribution in [0, 0.1) is 0 Å². The Hall–Kier alpha value is -3.07. The standard InChI is InChI=1S/C33H39NO6/c1-24(39-25(2)35)18-29-19-30-32(37-21-27-14-8-4-9-15-27)33(38-22-28-16-10-5-11-17-28)31(34(30)40-29)23-36-20-26-12-6-3-7-13-26/h3-17,24,29-33H,18-23H2,1-2H3/t24-,29+,30-,31-,32-,33-/m1/s1. The molecule has 0 aliphatic carbocycles. The van der Waals surface area contributed by atoms with Gasteiger partial charge in [-0.05, 0) is 30.0 Å². The highest BCUT2D eigenvalue weighted by molar-refractivity contribution is 5.66. The molecule has 0 N–H and O–H groups in total. The molecule has 3 aromatic rings. The van der Waals surface area contributed by atoms with Gasteiger partial charge in [-0.25, -0.2) is 0 Å². The molecule has 0 spiro atoms. The van der Waals surface area contributed by atoms with Gasteiger partial charge in [0.05, 0.1) is 44.6 Å². The molecule has 2 heterocycles. The SMILES string of the molecule is CC(=O)O[C@H](C)C[C@H]1C[C@@H]2[C@@H](OCc3ccccc3)[C@H](OCc3ccccc3)[C@@H](COCc3ccccc3)N2O1. The van der Waals surface area contributed by atoms with Crippen molar-refractivity contribution in [3.8, 4) is 0 Å². The van der Waals surface area contributed by atoms with E-state index in [4.69, 9.17) is 23.8 Å². The average molecular weight is 546 g/mol. The van der Waals surface area contributed by atoms with Crippen LogP contribution in [0.3, 0.4) is 0 Å². The van der Waals surface area contributed by atoms with Crippen molar-refractivity contribution in [1.82, 2.24) is 5.06 Å². The molecule has 5 rings (SSSR count). The van der Waals surface area contributed by atoms with Crippen LogP contribution in [0.25, 0.3) is 0 Å². The van der Waals surface area contributed by atoms with Gasteiger partial charge in [-0.3, -0.25) is 9.63 Å². The van der Waals surface area contributed by atoms with Gasteiger partial charge in [0.2, 0.25) is 0 Å². The topological polar surface area (TPSA) is 66.5 Å². The second-order valence-electron chi connectivity index (χ2n) is 10.6. The van der Waals surface area contributed by atoms with Gasteiger partial charge < -0.3 is 18.9 Å². The van der Waals surface area contributed by atoms with Gasteiger partial charge in [0.15, 0.2) is 0 Å². The minimum absolute atomic E-state index is 0.00987. The number of hydrogen-bond donors (Lipinski definition) is 0. The molecule has 0 saturated carbocycles. The smallest absolute Gasteiger partial charge is 0.302 e. The normalized spacial score (nSPS) is 25.0. The van der Waals surface area contributed by atoms with Crippen LogP contribution in [-0.2, 0) is 48.4 Å². The molecular weight excluding hydrogens is 506 g/mol. The van der Waals surface area contributed by atoms with Crippen molar-refractivity contribution in [3.05, 3.63) is 108 Å². The van der Waals surface area contributed by atoms with Gasteiger partial charge in [0.1, 0.15) is 18.3 Å². The van der Waals surface area contributed by atoms with Gasteiger partial charge in [0.25, 0.3) is 0 Å². The van der Waals surface area contributed by atoms with Crippen LogP contribution < -0.4 is 0 Å². The highest BCUT2D eigenvalue weighted by Gasteiger charge is 2.56. The Morgan fingerprint density at radius 3 is 1.90 bits per heavy atom. The highest BCUT2D eigenvalue weighted by Crippen LogP contribution is 2.40. The van der Waals surface area contributed by atoms with Gasteiger partial charge >= 0.3 is 5.97 Å². The Kier molecular flexibility index (Phi) is 9.97. The van der Waals surface area contributed by atoms with Gasteiger partial charge in [-0.1, -0.05) is 91.0 Å². The predicted molar refractivity (Wildman–Crippen MR) is 151 cm³/mol. The van der Waals surface area contributed by atoms with Gasteiger partial charge in [0, 0.05) is 13.3 Å². The summed E-state index contributed by atoms with van der Waals surface area (Å²) in [6, 6.07) is 30.4. The zero-order chi connectivity index (χ0) is 27.7. The van der Waals surface area contributed by atoms with Crippen LogP contribution in [0.1, 0.15) is 43.4 Å². The lowest BCUT2D eigenvalue weighted by molar-refractivity contribution is -0.201. The predicted octanol–water partition coefficient (Wildman–Crippen LogP) is 5.47. The van der Waals surface area contributed by atoms with Crippen molar-refractivity contribution < 1.29 is 28.6 Å². The summed E-state index contributed by atoms with van der Waals surface area (Å²) in [7, 11) is 0. The monoisotopic (exact) mass is 545 g/mol. The van der Waals surface area contributed by atoms with Crippen molar-refractivity contribution in [2.24, 2.45) is 0 Å². The number of benzene rings is 3. The average Bonchev–Trinajstić information content (AvgIpc) is 3.48. The minimum atomic E-state index is -0.281. The van der Waals surface area contributed by atoms with Crippen LogP contribution >= 0.6 is 0 Å².